The van der Waals surface area contributed by atoms with Gasteiger partial charge in [-0.05, 0) is 48.5 Å². The predicted molar refractivity (Wildman–Crippen MR) is 127 cm³/mol. The summed E-state index contributed by atoms with van der Waals surface area (Å²) in [5.74, 6) is -0.175. The van der Waals surface area contributed by atoms with Gasteiger partial charge >= 0.3 is 0 Å². The highest BCUT2D eigenvalue weighted by Gasteiger charge is 2.16. The zero-order valence-electron chi connectivity index (χ0n) is 17.4. The van der Waals surface area contributed by atoms with E-state index in [9.17, 15) is 13.2 Å². The summed E-state index contributed by atoms with van der Waals surface area (Å²) in [7, 11) is -3.31. The number of carbonyl (C=O) groups is 1. The lowest BCUT2D eigenvalue weighted by Crippen LogP contribution is -2.07. The third kappa shape index (κ3) is 4.59. The van der Waals surface area contributed by atoms with E-state index >= 15 is 0 Å². The van der Waals surface area contributed by atoms with Gasteiger partial charge in [0, 0.05) is 29.3 Å². The van der Waals surface area contributed by atoms with Crippen LogP contribution in [0.25, 0.3) is 28.2 Å². The molecular formula is C24H20ClN3O3S. The maximum absolute atomic E-state index is 11.8. The molecule has 1 heterocycles. The summed E-state index contributed by atoms with van der Waals surface area (Å²) in [5, 5.41) is 8.25. The topological polar surface area (TPSA) is 81.1 Å². The van der Waals surface area contributed by atoms with Gasteiger partial charge in [0.2, 0.25) is 5.91 Å². The normalized spacial score (nSPS) is 11.3. The number of hydrogen-bond donors (Lipinski definition) is 1. The first-order valence-electron chi connectivity index (χ1n) is 9.76. The van der Waals surface area contributed by atoms with Crippen LogP contribution in [0.2, 0.25) is 5.02 Å². The molecule has 1 N–H and O–H groups in total. The van der Waals surface area contributed by atoms with Crippen molar-refractivity contribution >= 4 is 33.0 Å². The summed E-state index contributed by atoms with van der Waals surface area (Å²) in [5.41, 5.74) is 4.46. The molecule has 0 bridgehead atoms. The number of amides is 1. The Morgan fingerprint density at radius 3 is 2.25 bits per heavy atom. The van der Waals surface area contributed by atoms with E-state index in [0.717, 1.165) is 16.8 Å². The van der Waals surface area contributed by atoms with Crippen LogP contribution >= 0.6 is 11.6 Å². The molecule has 8 heteroatoms. The average molecular weight is 466 g/mol. The highest BCUT2D eigenvalue weighted by atomic mass is 35.5. The van der Waals surface area contributed by atoms with Crippen molar-refractivity contribution in [1.29, 1.82) is 0 Å². The molecule has 4 aromatic rings. The van der Waals surface area contributed by atoms with Gasteiger partial charge in [0.05, 0.1) is 27.7 Å². The van der Waals surface area contributed by atoms with Gasteiger partial charge in [0.25, 0.3) is 0 Å². The second-order valence-electron chi connectivity index (χ2n) is 7.33. The summed E-state index contributed by atoms with van der Waals surface area (Å²) in [6, 6.07) is 23.3. The maximum Gasteiger partial charge on any atom is 0.221 e. The minimum atomic E-state index is -3.31. The lowest BCUT2D eigenvalue weighted by atomic mass is 10.1. The third-order valence-electron chi connectivity index (χ3n) is 4.87. The van der Waals surface area contributed by atoms with E-state index < -0.39 is 9.84 Å². The molecule has 3 aromatic carbocycles. The number of nitrogens with zero attached hydrogens (tertiary/aromatic N) is 2. The summed E-state index contributed by atoms with van der Waals surface area (Å²) < 4.78 is 25.4. The average Bonchev–Trinajstić information content (AvgIpc) is 3.19. The molecule has 0 saturated heterocycles. The van der Waals surface area contributed by atoms with Crippen molar-refractivity contribution in [2.45, 2.75) is 11.8 Å². The molecule has 0 aliphatic heterocycles. The van der Waals surface area contributed by atoms with Crippen LogP contribution in [-0.4, -0.2) is 30.4 Å². The quantitative estimate of drug-likeness (QED) is 0.438. The number of rotatable bonds is 5. The zero-order chi connectivity index (χ0) is 22.9. The number of nitrogens with one attached hydrogen (secondary N) is 1. The van der Waals surface area contributed by atoms with E-state index in [0.29, 0.717) is 22.1 Å². The fourth-order valence-electron chi connectivity index (χ4n) is 3.38. The number of sulfone groups is 1. The summed E-state index contributed by atoms with van der Waals surface area (Å²) >= 11 is 6.07. The van der Waals surface area contributed by atoms with Crippen LogP contribution in [0.15, 0.2) is 83.8 Å². The lowest BCUT2D eigenvalue weighted by molar-refractivity contribution is -0.114. The molecule has 0 unspecified atom stereocenters. The van der Waals surface area contributed by atoms with Crippen LogP contribution in [0.1, 0.15) is 6.92 Å². The van der Waals surface area contributed by atoms with Gasteiger partial charge in [0.15, 0.2) is 9.84 Å². The molecule has 0 aliphatic carbocycles. The van der Waals surface area contributed by atoms with E-state index in [1.165, 1.54) is 13.2 Å². The molecule has 0 spiro atoms. The molecule has 0 aliphatic rings. The summed E-state index contributed by atoms with van der Waals surface area (Å²) in [6.45, 7) is 1.46. The van der Waals surface area contributed by atoms with Crippen LogP contribution in [-0.2, 0) is 14.6 Å². The van der Waals surface area contributed by atoms with Crippen LogP contribution in [0.3, 0.4) is 0 Å². The van der Waals surface area contributed by atoms with E-state index in [4.69, 9.17) is 16.7 Å². The molecule has 1 aromatic heterocycles. The zero-order valence-corrected chi connectivity index (χ0v) is 19.0. The molecule has 162 valence electrons. The Morgan fingerprint density at radius 2 is 1.62 bits per heavy atom. The van der Waals surface area contributed by atoms with Gasteiger partial charge in [-0.2, -0.15) is 5.10 Å². The molecule has 0 atom stereocenters. The Labute approximate surface area is 191 Å². The highest BCUT2D eigenvalue weighted by molar-refractivity contribution is 7.90. The first-order chi connectivity index (χ1) is 15.2. The van der Waals surface area contributed by atoms with Crippen molar-refractivity contribution < 1.29 is 13.2 Å². The molecular weight excluding hydrogens is 446 g/mol. The van der Waals surface area contributed by atoms with Gasteiger partial charge in [0.1, 0.15) is 0 Å². The standard InChI is InChI=1S/C24H20ClN3O3S/c1-16(29)26-22-6-4-3-5-21(22)23-15-24(17-7-9-18(25)10-8-17)28(27-23)19-11-13-20(14-12-19)32(2,30)31/h3-15H,1-2H3,(H,26,29). The van der Waals surface area contributed by atoms with Gasteiger partial charge in [-0.3, -0.25) is 4.79 Å². The van der Waals surface area contributed by atoms with E-state index in [1.807, 2.05) is 42.5 Å². The molecule has 0 fully saturated rings. The third-order valence-corrected chi connectivity index (χ3v) is 6.25. The second kappa shape index (κ2) is 8.61. The van der Waals surface area contributed by atoms with Gasteiger partial charge in [-0.25, -0.2) is 13.1 Å². The van der Waals surface area contributed by atoms with E-state index in [2.05, 4.69) is 5.32 Å². The van der Waals surface area contributed by atoms with Crippen molar-refractivity contribution in [1.82, 2.24) is 9.78 Å². The van der Waals surface area contributed by atoms with Gasteiger partial charge in [-0.1, -0.05) is 41.9 Å². The first kappa shape index (κ1) is 21.8. The van der Waals surface area contributed by atoms with Crippen molar-refractivity contribution in [3.8, 4) is 28.2 Å². The molecule has 0 radical (unpaired) electrons. The molecule has 0 saturated carbocycles. The number of para-hydroxylation sites is 1. The molecule has 32 heavy (non-hydrogen) atoms. The van der Waals surface area contributed by atoms with Crippen molar-refractivity contribution in [2.24, 2.45) is 0 Å². The number of hydrogen-bond acceptors (Lipinski definition) is 4. The SMILES string of the molecule is CC(=O)Nc1ccccc1-c1cc(-c2ccc(Cl)cc2)n(-c2ccc(S(C)(=O)=O)cc2)n1. The highest BCUT2D eigenvalue weighted by Crippen LogP contribution is 2.33. The number of aromatic nitrogens is 2. The smallest absolute Gasteiger partial charge is 0.221 e. The largest absolute Gasteiger partial charge is 0.326 e. The molecule has 1 amide bonds. The Bertz CT molecular complexity index is 1390. The number of halogens is 1. The van der Waals surface area contributed by atoms with Gasteiger partial charge in [-0.15, -0.1) is 0 Å². The summed E-state index contributed by atoms with van der Waals surface area (Å²) in [4.78, 5) is 11.9. The van der Waals surface area contributed by atoms with Crippen molar-refractivity contribution in [3.05, 3.63) is 83.9 Å². The number of anilines is 1. The predicted octanol–water partition coefficient (Wildman–Crippen LogP) is 5.22. The van der Waals surface area contributed by atoms with Crippen molar-refractivity contribution in [2.75, 3.05) is 11.6 Å². The van der Waals surface area contributed by atoms with Crippen LogP contribution in [0.4, 0.5) is 5.69 Å². The first-order valence-corrected chi connectivity index (χ1v) is 12.0. The minimum absolute atomic E-state index is 0.175. The molecule has 6 nitrogen and oxygen atoms in total. The van der Waals surface area contributed by atoms with E-state index in [-0.39, 0.29) is 10.8 Å². The second-order valence-corrected chi connectivity index (χ2v) is 9.78. The lowest BCUT2D eigenvalue weighted by Gasteiger charge is -2.09. The van der Waals surface area contributed by atoms with Crippen molar-refractivity contribution in [3.63, 3.8) is 0 Å². The Morgan fingerprint density at radius 1 is 0.969 bits per heavy atom. The molecule has 4 rings (SSSR count). The van der Waals surface area contributed by atoms with Crippen LogP contribution in [0.5, 0.6) is 0 Å². The van der Waals surface area contributed by atoms with Crippen LogP contribution < -0.4 is 5.32 Å². The Kier molecular flexibility index (Phi) is 5.86. The van der Waals surface area contributed by atoms with Gasteiger partial charge < -0.3 is 5.32 Å². The summed E-state index contributed by atoms with van der Waals surface area (Å²) in [6.07, 6.45) is 1.17. The number of carbonyl (C=O) groups excluding carboxylic acids is 1. The minimum Gasteiger partial charge on any atom is -0.326 e. The number of benzene rings is 3. The Balaban J connectivity index is 1.89. The monoisotopic (exact) mass is 465 g/mol. The maximum atomic E-state index is 11.8. The Hall–Kier alpha value is -3.42. The fraction of sp³-hybridized carbons (Fsp3) is 0.0833. The van der Waals surface area contributed by atoms with Crippen LogP contribution in [0, 0.1) is 0 Å². The van der Waals surface area contributed by atoms with E-state index in [1.54, 1.807) is 41.1 Å². The fourth-order valence-corrected chi connectivity index (χ4v) is 4.13.